The van der Waals surface area contributed by atoms with Crippen molar-refractivity contribution < 1.29 is 26.8 Å². The van der Waals surface area contributed by atoms with Crippen LogP contribution in [0.25, 0.3) is 27.7 Å². The van der Waals surface area contributed by atoms with Gasteiger partial charge in [-0.05, 0) is 30.5 Å². The van der Waals surface area contributed by atoms with Crippen molar-refractivity contribution in [3.63, 3.8) is 0 Å². The Bertz CT molecular complexity index is 1500. The Morgan fingerprint density at radius 1 is 1.28 bits per heavy atom. The molecule has 1 aromatic carbocycles. The Labute approximate surface area is 208 Å². The summed E-state index contributed by atoms with van der Waals surface area (Å²) in [7, 11) is -2.87. The predicted molar refractivity (Wildman–Crippen MR) is 125 cm³/mol. The lowest BCUT2D eigenvalue weighted by Gasteiger charge is -2.41. The molecule has 0 atom stereocenters. The molecule has 0 saturated carbocycles. The van der Waals surface area contributed by atoms with Gasteiger partial charge in [-0.15, -0.1) is 10.2 Å². The molecule has 0 spiro atoms. The van der Waals surface area contributed by atoms with Crippen molar-refractivity contribution >= 4 is 22.5 Å². The predicted octanol–water partition coefficient (Wildman–Crippen LogP) is 2.83. The molecule has 1 N–H and O–H groups in total. The quantitative estimate of drug-likeness (QED) is 0.410. The summed E-state index contributed by atoms with van der Waals surface area (Å²) in [6, 6.07) is 5.00. The number of methoxy groups -OCH3 is 1. The topological polar surface area (TPSA) is 94.6 Å². The molecule has 190 valence electrons. The third-order valence-electron chi connectivity index (χ3n) is 6.76. The largest absolute Gasteiger partial charge is 0.479 e. The summed E-state index contributed by atoms with van der Waals surface area (Å²) in [5.41, 5.74) is 0.835. The summed E-state index contributed by atoms with van der Waals surface area (Å²) >= 11 is 0. The van der Waals surface area contributed by atoms with Crippen LogP contribution in [0.3, 0.4) is 0 Å². The lowest BCUT2D eigenvalue weighted by Crippen LogP contribution is -2.53. The van der Waals surface area contributed by atoms with Crippen molar-refractivity contribution in [1.29, 1.82) is 0 Å². The van der Waals surface area contributed by atoms with Gasteiger partial charge in [-0.25, -0.2) is 22.4 Å². The van der Waals surface area contributed by atoms with E-state index in [4.69, 9.17) is 13.6 Å². The second-order valence-electron chi connectivity index (χ2n) is 9.00. The maximum Gasteiger partial charge on any atom is 0.258 e. The highest BCUT2D eigenvalue weighted by Gasteiger charge is 2.30. The van der Waals surface area contributed by atoms with Gasteiger partial charge in [0.05, 0.1) is 47.7 Å². The van der Waals surface area contributed by atoms with E-state index in [9.17, 15) is 8.78 Å². The van der Waals surface area contributed by atoms with Crippen molar-refractivity contribution in [2.45, 2.75) is 37.9 Å². The number of piperidine rings is 1. The Balaban J connectivity index is 1.36. The number of aromatic nitrogens is 6. The lowest BCUT2D eigenvalue weighted by atomic mass is 10.0. The van der Waals surface area contributed by atoms with Crippen molar-refractivity contribution in [3.05, 3.63) is 30.2 Å². The normalized spacial score (nSPS) is 19.4. The Kier molecular flexibility index (Phi) is 5.04. The number of halogens is 3. The van der Waals surface area contributed by atoms with E-state index in [0.29, 0.717) is 11.6 Å². The van der Waals surface area contributed by atoms with E-state index in [0.717, 1.165) is 50.0 Å². The summed E-state index contributed by atoms with van der Waals surface area (Å²) in [4.78, 5) is 6.69. The van der Waals surface area contributed by atoms with E-state index in [-0.39, 0.29) is 40.0 Å². The number of ether oxygens (including phenoxy) is 2. The summed E-state index contributed by atoms with van der Waals surface area (Å²) in [6.45, 7) is 2.54. The number of fused-ring (bicyclic) bond motifs is 2. The molecule has 3 aromatic heterocycles. The van der Waals surface area contributed by atoms with Crippen molar-refractivity contribution in [2.75, 3.05) is 38.7 Å². The highest BCUT2D eigenvalue weighted by atomic mass is 19.3. The van der Waals surface area contributed by atoms with Crippen LogP contribution in [-0.4, -0.2) is 86.3 Å². The second kappa shape index (κ2) is 9.21. The van der Waals surface area contributed by atoms with Gasteiger partial charge in [0.2, 0.25) is 11.8 Å². The standard InChI is InChI=1S/C23H25F3N8O2/c1-35-22-21-20(13-2-3-17-18(8-13)33(31-29-17)10-19(25)26)16(24)9-34(21)30-23(28-22)27-14-4-6-32(7-5-14)15-11-36-12-15/h2-3,8-9,14-15,19H,4-7,10-12H2,1H3,(H,27,30)/i1D3. The zero-order chi connectivity index (χ0) is 27.3. The first-order valence-electron chi connectivity index (χ1n) is 13.1. The maximum atomic E-state index is 15.4. The van der Waals surface area contributed by atoms with Crippen LogP contribution >= 0.6 is 0 Å². The van der Waals surface area contributed by atoms with Crippen LogP contribution in [0.4, 0.5) is 19.1 Å². The molecular formula is C23H25F3N8O2. The third kappa shape index (κ3) is 4.11. The minimum absolute atomic E-state index is 0.0128. The van der Waals surface area contributed by atoms with Crippen LogP contribution in [0.15, 0.2) is 24.4 Å². The smallest absolute Gasteiger partial charge is 0.258 e. The molecule has 10 nitrogen and oxygen atoms in total. The molecule has 0 radical (unpaired) electrons. The zero-order valence-corrected chi connectivity index (χ0v) is 19.1. The Hall–Kier alpha value is -3.45. The van der Waals surface area contributed by atoms with E-state index in [1.807, 2.05) is 0 Å². The van der Waals surface area contributed by atoms with Gasteiger partial charge in [0.1, 0.15) is 17.6 Å². The van der Waals surface area contributed by atoms with E-state index < -0.39 is 25.8 Å². The molecule has 13 heteroatoms. The van der Waals surface area contributed by atoms with Crippen LogP contribution in [0.1, 0.15) is 17.0 Å². The molecule has 4 aromatic rings. The highest BCUT2D eigenvalue weighted by Crippen LogP contribution is 2.35. The van der Waals surface area contributed by atoms with Gasteiger partial charge >= 0.3 is 0 Å². The van der Waals surface area contributed by atoms with Crippen LogP contribution < -0.4 is 10.1 Å². The molecule has 2 fully saturated rings. The number of likely N-dealkylation sites (tertiary alicyclic amines) is 1. The molecule has 0 amide bonds. The molecule has 36 heavy (non-hydrogen) atoms. The minimum atomic E-state index is -2.87. The molecule has 6 rings (SSSR count). The fourth-order valence-corrected chi connectivity index (χ4v) is 4.84. The van der Waals surface area contributed by atoms with Gasteiger partial charge in [-0.3, -0.25) is 4.90 Å². The molecule has 0 bridgehead atoms. The van der Waals surface area contributed by atoms with Crippen LogP contribution in [-0.2, 0) is 11.3 Å². The fraction of sp³-hybridized carbons (Fsp3) is 0.478. The van der Waals surface area contributed by atoms with E-state index in [2.05, 4.69) is 30.6 Å². The molecule has 2 aliphatic heterocycles. The van der Waals surface area contributed by atoms with E-state index in [1.54, 1.807) is 0 Å². The second-order valence-corrected chi connectivity index (χ2v) is 9.00. The van der Waals surface area contributed by atoms with Crippen LogP contribution in [0, 0.1) is 5.82 Å². The number of nitrogens with one attached hydrogen (secondary N) is 1. The van der Waals surface area contributed by atoms with Gasteiger partial charge in [0.25, 0.3) is 6.43 Å². The van der Waals surface area contributed by atoms with Gasteiger partial charge < -0.3 is 14.8 Å². The van der Waals surface area contributed by atoms with E-state index >= 15 is 4.39 Å². The summed E-state index contributed by atoms with van der Waals surface area (Å²) in [5.74, 6) is -0.960. The van der Waals surface area contributed by atoms with Crippen molar-refractivity contribution in [3.8, 4) is 17.0 Å². The van der Waals surface area contributed by atoms with Gasteiger partial charge in [0.15, 0.2) is 5.82 Å². The summed E-state index contributed by atoms with van der Waals surface area (Å²) < 4.78 is 77.0. The molecule has 5 heterocycles. The van der Waals surface area contributed by atoms with Crippen molar-refractivity contribution in [1.82, 2.24) is 34.5 Å². The highest BCUT2D eigenvalue weighted by molar-refractivity contribution is 5.89. The molecule has 0 unspecified atom stereocenters. The number of benzene rings is 1. The Morgan fingerprint density at radius 2 is 2.11 bits per heavy atom. The SMILES string of the molecule is [2H]C([2H])([2H])Oc1nc(NC2CCN(C3COC3)CC2)nn2cc(F)c(-c3ccc4nnn(CC(F)F)c4c3)c12. The summed E-state index contributed by atoms with van der Waals surface area (Å²) in [6.07, 6.45) is 0.0728. The maximum absolute atomic E-state index is 15.4. The van der Waals surface area contributed by atoms with Crippen molar-refractivity contribution in [2.24, 2.45) is 0 Å². The van der Waals surface area contributed by atoms with Crippen LogP contribution in [0.5, 0.6) is 5.88 Å². The molecule has 0 aliphatic carbocycles. The number of nitrogens with zero attached hydrogens (tertiary/aromatic N) is 7. The zero-order valence-electron chi connectivity index (χ0n) is 22.1. The van der Waals surface area contributed by atoms with E-state index in [1.165, 1.54) is 22.7 Å². The molecular weight excluding hydrogens is 477 g/mol. The minimum Gasteiger partial charge on any atom is -0.479 e. The number of hydrogen-bond donors (Lipinski definition) is 1. The van der Waals surface area contributed by atoms with Gasteiger partial charge in [-0.1, -0.05) is 11.3 Å². The average Bonchev–Trinajstić information content (AvgIpc) is 3.37. The number of hydrogen-bond acceptors (Lipinski definition) is 8. The number of anilines is 1. The average molecular weight is 506 g/mol. The number of alkyl halides is 2. The lowest BCUT2D eigenvalue weighted by molar-refractivity contribution is -0.0705. The molecule has 2 aliphatic rings. The Morgan fingerprint density at radius 3 is 2.83 bits per heavy atom. The monoisotopic (exact) mass is 505 g/mol. The van der Waals surface area contributed by atoms with Gasteiger partial charge in [-0.2, -0.15) is 4.98 Å². The molecule has 2 saturated heterocycles. The third-order valence-corrected chi connectivity index (χ3v) is 6.76. The van der Waals surface area contributed by atoms with Crippen LogP contribution in [0.2, 0.25) is 0 Å². The summed E-state index contributed by atoms with van der Waals surface area (Å²) in [5, 5.41) is 15.2. The first-order chi connectivity index (χ1) is 18.6. The fourth-order valence-electron chi connectivity index (χ4n) is 4.84. The number of rotatable bonds is 7. The first kappa shape index (κ1) is 19.7. The van der Waals surface area contributed by atoms with Gasteiger partial charge in [0, 0.05) is 19.1 Å². The first-order valence-corrected chi connectivity index (χ1v) is 11.6.